The third kappa shape index (κ3) is 3.55. The maximum atomic E-state index is 5.92. The minimum atomic E-state index is 0.152. The highest BCUT2D eigenvalue weighted by molar-refractivity contribution is 5.53. The Kier molecular flexibility index (Phi) is 4.66. The van der Waals surface area contributed by atoms with E-state index in [1.54, 1.807) is 7.11 Å². The molecule has 0 saturated carbocycles. The van der Waals surface area contributed by atoms with E-state index in [4.69, 9.17) is 9.15 Å². The molecule has 5 heteroatoms. The van der Waals surface area contributed by atoms with Crippen molar-refractivity contribution in [3.8, 4) is 17.2 Å². The average Bonchev–Trinajstić information content (AvgIpc) is 3.03. The molecule has 0 aliphatic carbocycles. The predicted molar refractivity (Wildman–Crippen MR) is 89.2 cm³/mol. The molecule has 124 valence electrons. The lowest BCUT2D eigenvalue weighted by atomic mass is 9.91. The molecule has 0 radical (unpaired) electrons. The Morgan fingerprint density at radius 3 is 2.39 bits per heavy atom. The van der Waals surface area contributed by atoms with Crippen LogP contribution in [0.15, 0.2) is 28.7 Å². The summed E-state index contributed by atoms with van der Waals surface area (Å²) in [5, 5.41) is 8.48. The Bertz CT molecular complexity index is 628. The van der Waals surface area contributed by atoms with Gasteiger partial charge in [-0.2, -0.15) is 0 Å². The fourth-order valence-electron chi connectivity index (χ4n) is 3.44. The standard InChI is InChI=1S/C18H25N3O2/c1-12-9-13(2)11-21(10-12)14(3)17-19-20-18(23-17)15-5-7-16(22-4)8-6-15/h5-8,12-14H,9-11H2,1-4H3/t12-,13-,14+/m1/s1. The number of rotatable bonds is 4. The van der Waals surface area contributed by atoms with Crippen molar-refractivity contribution in [2.45, 2.75) is 33.2 Å². The van der Waals surface area contributed by atoms with Crippen LogP contribution in [0, 0.1) is 11.8 Å². The zero-order chi connectivity index (χ0) is 16.4. The van der Waals surface area contributed by atoms with Gasteiger partial charge in [-0.1, -0.05) is 13.8 Å². The SMILES string of the molecule is COc1ccc(-c2nnc([C@H](C)N3C[C@H](C)C[C@@H](C)C3)o2)cc1. The minimum absolute atomic E-state index is 0.152. The zero-order valence-electron chi connectivity index (χ0n) is 14.3. The van der Waals surface area contributed by atoms with Crippen LogP contribution in [0.5, 0.6) is 5.75 Å². The molecule has 2 heterocycles. The van der Waals surface area contributed by atoms with Gasteiger partial charge < -0.3 is 9.15 Å². The van der Waals surface area contributed by atoms with Crippen LogP contribution >= 0.6 is 0 Å². The van der Waals surface area contributed by atoms with Gasteiger partial charge in [-0.25, -0.2) is 0 Å². The highest BCUT2D eigenvalue weighted by Crippen LogP contribution is 2.30. The zero-order valence-corrected chi connectivity index (χ0v) is 14.3. The van der Waals surface area contributed by atoms with Crippen LogP contribution < -0.4 is 4.74 Å². The van der Waals surface area contributed by atoms with Gasteiger partial charge in [0.05, 0.1) is 13.2 Å². The van der Waals surface area contributed by atoms with Crippen LogP contribution in [0.1, 0.15) is 39.1 Å². The Labute approximate surface area is 137 Å². The van der Waals surface area contributed by atoms with E-state index < -0.39 is 0 Å². The Balaban J connectivity index is 1.75. The molecule has 1 fully saturated rings. The topological polar surface area (TPSA) is 51.4 Å². The number of hydrogen-bond acceptors (Lipinski definition) is 5. The molecule has 23 heavy (non-hydrogen) atoms. The van der Waals surface area contributed by atoms with Crippen LogP contribution in [-0.2, 0) is 0 Å². The lowest BCUT2D eigenvalue weighted by Crippen LogP contribution is -2.40. The summed E-state index contributed by atoms with van der Waals surface area (Å²) in [6, 6.07) is 7.82. The highest BCUT2D eigenvalue weighted by Gasteiger charge is 2.28. The number of benzene rings is 1. The molecule has 2 aromatic rings. The normalized spacial score (nSPS) is 23.7. The van der Waals surface area contributed by atoms with Crippen molar-refractivity contribution >= 4 is 0 Å². The van der Waals surface area contributed by atoms with Crippen molar-refractivity contribution in [3.05, 3.63) is 30.2 Å². The van der Waals surface area contributed by atoms with Crippen LogP contribution in [0.3, 0.4) is 0 Å². The predicted octanol–water partition coefficient (Wildman–Crippen LogP) is 3.78. The molecular weight excluding hydrogens is 290 g/mol. The first kappa shape index (κ1) is 16.0. The first-order chi connectivity index (χ1) is 11.1. The molecule has 3 rings (SSSR count). The Morgan fingerprint density at radius 2 is 1.78 bits per heavy atom. The van der Waals surface area contributed by atoms with Crippen molar-refractivity contribution in [2.24, 2.45) is 11.8 Å². The summed E-state index contributed by atoms with van der Waals surface area (Å²) in [7, 11) is 1.65. The van der Waals surface area contributed by atoms with E-state index in [0.717, 1.165) is 24.4 Å². The number of ether oxygens (including phenoxy) is 1. The van der Waals surface area contributed by atoms with Gasteiger partial charge in [0.15, 0.2) is 0 Å². The number of methoxy groups -OCH3 is 1. The third-order valence-electron chi connectivity index (χ3n) is 4.58. The van der Waals surface area contributed by atoms with Crippen molar-refractivity contribution in [2.75, 3.05) is 20.2 Å². The smallest absolute Gasteiger partial charge is 0.247 e. The molecule has 1 aliphatic rings. The summed E-state index contributed by atoms with van der Waals surface area (Å²) in [6.45, 7) is 8.95. The minimum Gasteiger partial charge on any atom is -0.497 e. The molecule has 0 N–H and O–H groups in total. The lowest BCUT2D eigenvalue weighted by Gasteiger charge is -2.37. The fourth-order valence-corrected chi connectivity index (χ4v) is 3.44. The molecule has 5 nitrogen and oxygen atoms in total. The molecular formula is C18H25N3O2. The fraction of sp³-hybridized carbons (Fsp3) is 0.556. The Morgan fingerprint density at radius 1 is 1.13 bits per heavy atom. The summed E-state index contributed by atoms with van der Waals surface area (Å²) in [5.41, 5.74) is 0.914. The quantitative estimate of drug-likeness (QED) is 0.859. The average molecular weight is 315 g/mol. The van der Waals surface area contributed by atoms with Gasteiger partial charge >= 0.3 is 0 Å². The van der Waals surface area contributed by atoms with E-state index in [1.165, 1.54) is 6.42 Å². The molecule has 0 unspecified atom stereocenters. The second-order valence-electron chi connectivity index (χ2n) is 6.75. The number of aromatic nitrogens is 2. The van der Waals surface area contributed by atoms with E-state index in [2.05, 4.69) is 35.9 Å². The maximum Gasteiger partial charge on any atom is 0.247 e. The van der Waals surface area contributed by atoms with Gasteiger partial charge in [-0.3, -0.25) is 4.90 Å². The second-order valence-corrected chi connectivity index (χ2v) is 6.75. The number of likely N-dealkylation sites (tertiary alicyclic amines) is 1. The number of piperidine rings is 1. The van der Waals surface area contributed by atoms with E-state index in [0.29, 0.717) is 23.6 Å². The second kappa shape index (κ2) is 6.71. The molecule has 0 amide bonds. The van der Waals surface area contributed by atoms with Crippen molar-refractivity contribution in [1.29, 1.82) is 0 Å². The van der Waals surface area contributed by atoms with Gasteiger partial charge in [0.25, 0.3) is 0 Å². The van der Waals surface area contributed by atoms with E-state index in [1.807, 2.05) is 24.3 Å². The first-order valence-electron chi connectivity index (χ1n) is 8.28. The van der Waals surface area contributed by atoms with Gasteiger partial charge in [-0.15, -0.1) is 10.2 Å². The molecule has 0 bridgehead atoms. The molecule has 3 atom stereocenters. The van der Waals surface area contributed by atoms with E-state index in [9.17, 15) is 0 Å². The molecule has 1 aromatic carbocycles. The van der Waals surface area contributed by atoms with Crippen LogP contribution in [0.25, 0.3) is 11.5 Å². The first-order valence-corrected chi connectivity index (χ1v) is 8.28. The molecule has 1 aromatic heterocycles. The molecule has 1 saturated heterocycles. The summed E-state index contributed by atoms with van der Waals surface area (Å²) in [4.78, 5) is 2.45. The number of nitrogens with zero attached hydrogens (tertiary/aromatic N) is 3. The lowest BCUT2D eigenvalue weighted by molar-refractivity contribution is 0.0903. The summed E-state index contributed by atoms with van der Waals surface area (Å²) < 4.78 is 11.1. The Hall–Kier alpha value is -1.88. The molecule has 1 aliphatic heterocycles. The third-order valence-corrected chi connectivity index (χ3v) is 4.58. The summed E-state index contributed by atoms with van der Waals surface area (Å²) in [5.74, 6) is 3.50. The van der Waals surface area contributed by atoms with Crippen LogP contribution in [-0.4, -0.2) is 35.3 Å². The highest BCUT2D eigenvalue weighted by atomic mass is 16.5. The van der Waals surface area contributed by atoms with Gasteiger partial charge in [-0.05, 0) is 49.4 Å². The summed E-state index contributed by atoms with van der Waals surface area (Å²) >= 11 is 0. The molecule has 0 spiro atoms. The van der Waals surface area contributed by atoms with Crippen molar-refractivity contribution in [3.63, 3.8) is 0 Å². The number of hydrogen-bond donors (Lipinski definition) is 0. The van der Waals surface area contributed by atoms with Gasteiger partial charge in [0.2, 0.25) is 11.8 Å². The van der Waals surface area contributed by atoms with E-state index in [-0.39, 0.29) is 6.04 Å². The van der Waals surface area contributed by atoms with Gasteiger partial charge in [0, 0.05) is 18.7 Å². The maximum absolute atomic E-state index is 5.92. The van der Waals surface area contributed by atoms with Crippen LogP contribution in [0.4, 0.5) is 0 Å². The summed E-state index contributed by atoms with van der Waals surface area (Å²) in [6.07, 6.45) is 1.30. The van der Waals surface area contributed by atoms with Crippen LogP contribution in [0.2, 0.25) is 0 Å². The largest absolute Gasteiger partial charge is 0.497 e. The van der Waals surface area contributed by atoms with Gasteiger partial charge in [0.1, 0.15) is 5.75 Å². The monoisotopic (exact) mass is 315 g/mol. The van der Waals surface area contributed by atoms with Crippen molar-refractivity contribution < 1.29 is 9.15 Å². The van der Waals surface area contributed by atoms with E-state index >= 15 is 0 Å². The van der Waals surface area contributed by atoms with Crippen molar-refractivity contribution in [1.82, 2.24) is 15.1 Å².